The minimum absolute atomic E-state index is 0.222. The minimum atomic E-state index is -4.38. The number of nitrogens with one attached hydrogen (secondary N) is 1. The Morgan fingerprint density at radius 3 is 2.39 bits per heavy atom. The molecule has 3 aromatic carbocycles. The van der Waals surface area contributed by atoms with E-state index in [1.807, 2.05) is 55.5 Å². The summed E-state index contributed by atoms with van der Waals surface area (Å²) < 4.78 is 40.2. The van der Waals surface area contributed by atoms with Crippen molar-refractivity contribution in [2.75, 3.05) is 0 Å². The van der Waals surface area contributed by atoms with Gasteiger partial charge in [0, 0.05) is 16.7 Å². The molecule has 5 aromatic rings. The zero-order valence-corrected chi connectivity index (χ0v) is 18.3. The molecule has 0 saturated carbocycles. The first-order valence-electron chi connectivity index (χ1n) is 10.2. The van der Waals surface area contributed by atoms with Crippen molar-refractivity contribution in [1.82, 2.24) is 14.5 Å². The molecule has 2 aromatic heterocycles. The standard InChI is InChI=1S/C25H18F3N3OS/c1-15-6-2-5-9-20(15)31-23(32)22-21(18-7-3-4-8-19(18)29-22)30-24(31)33-14-16-10-12-17(13-11-16)25(26,27)28/h2-13,29H,14H2,1H3. The number of fused-ring (bicyclic) bond motifs is 3. The number of H-pyrrole nitrogens is 1. The fraction of sp³-hybridized carbons (Fsp3) is 0.120. The van der Waals surface area contributed by atoms with Gasteiger partial charge in [-0.2, -0.15) is 13.2 Å². The number of halogens is 3. The maximum absolute atomic E-state index is 13.6. The molecule has 4 nitrogen and oxygen atoms in total. The van der Waals surface area contributed by atoms with E-state index < -0.39 is 11.7 Å². The lowest BCUT2D eigenvalue weighted by molar-refractivity contribution is -0.137. The lowest BCUT2D eigenvalue weighted by Gasteiger charge is -2.14. The summed E-state index contributed by atoms with van der Waals surface area (Å²) in [5, 5.41) is 1.32. The van der Waals surface area contributed by atoms with Crippen LogP contribution < -0.4 is 5.56 Å². The third-order valence-corrected chi connectivity index (χ3v) is 6.51. The quantitative estimate of drug-likeness (QED) is 0.244. The Kier molecular flexibility index (Phi) is 5.25. The summed E-state index contributed by atoms with van der Waals surface area (Å²) in [6, 6.07) is 20.1. The van der Waals surface area contributed by atoms with Crippen molar-refractivity contribution in [1.29, 1.82) is 0 Å². The van der Waals surface area contributed by atoms with Crippen molar-refractivity contribution in [3.05, 3.63) is 99.8 Å². The second-order valence-corrected chi connectivity index (χ2v) is 8.64. The fourth-order valence-corrected chi connectivity index (χ4v) is 4.76. The van der Waals surface area contributed by atoms with Crippen molar-refractivity contribution in [2.45, 2.75) is 24.0 Å². The average molecular weight is 466 g/mol. The third-order valence-electron chi connectivity index (χ3n) is 5.50. The number of nitrogens with zero attached hydrogens (tertiary/aromatic N) is 2. The van der Waals surface area contributed by atoms with Crippen molar-refractivity contribution in [3.8, 4) is 5.69 Å². The molecular weight excluding hydrogens is 447 g/mol. The van der Waals surface area contributed by atoms with E-state index >= 15 is 0 Å². The Morgan fingerprint density at radius 1 is 0.970 bits per heavy atom. The van der Waals surface area contributed by atoms with E-state index in [9.17, 15) is 18.0 Å². The first-order chi connectivity index (χ1) is 15.8. The molecule has 0 spiro atoms. The van der Waals surface area contributed by atoms with Crippen LogP contribution in [0.4, 0.5) is 13.2 Å². The largest absolute Gasteiger partial charge is 0.416 e. The molecular formula is C25H18F3N3OS. The normalized spacial score (nSPS) is 12.0. The SMILES string of the molecule is Cc1ccccc1-n1c(SCc2ccc(C(F)(F)F)cc2)nc2c([nH]c3ccccc32)c1=O. The second kappa shape index (κ2) is 8.12. The molecule has 0 aliphatic carbocycles. The van der Waals surface area contributed by atoms with Gasteiger partial charge < -0.3 is 4.98 Å². The van der Waals surface area contributed by atoms with Crippen LogP contribution in [-0.4, -0.2) is 14.5 Å². The van der Waals surface area contributed by atoms with Gasteiger partial charge in [0.25, 0.3) is 5.56 Å². The molecule has 0 fully saturated rings. The predicted octanol–water partition coefficient (Wildman–Crippen LogP) is 6.49. The lowest BCUT2D eigenvalue weighted by Crippen LogP contribution is -2.22. The highest BCUT2D eigenvalue weighted by molar-refractivity contribution is 7.98. The number of para-hydroxylation sites is 2. The molecule has 33 heavy (non-hydrogen) atoms. The zero-order chi connectivity index (χ0) is 23.2. The first kappa shape index (κ1) is 21.3. The van der Waals surface area contributed by atoms with Crippen LogP contribution in [0.1, 0.15) is 16.7 Å². The Bertz CT molecular complexity index is 1540. The monoisotopic (exact) mass is 465 g/mol. The summed E-state index contributed by atoms with van der Waals surface area (Å²) in [4.78, 5) is 21.6. The number of aromatic nitrogens is 3. The summed E-state index contributed by atoms with van der Waals surface area (Å²) in [6.07, 6.45) is -4.38. The molecule has 1 N–H and O–H groups in total. The molecule has 5 rings (SSSR count). The highest BCUT2D eigenvalue weighted by atomic mass is 32.2. The van der Waals surface area contributed by atoms with Gasteiger partial charge >= 0.3 is 6.18 Å². The van der Waals surface area contributed by atoms with Gasteiger partial charge in [-0.05, 0) is 42.3 Å². The van der Waals surface area contributed by atoms with Gasteiger partial charge in [0.2, 0.25) is 0 Å². The summed E-state index contributed by atoms with van der Waals surface area (Å²) in [7, 11) is 0. The van der Waals surface area contributed by atoms with Gasteiger partial charge in [0.1, 0.15) is 11.0 Å². The van der Waals surface area contributed by atoms with Crippen LogP contribution in [0, 0.1) is 6.92 Å². The number of rotatable bonds is 4. The molecule has 0 bridgehead atoms. The van der Waals surface area contributed by atoms with Gasteiger partial charge in [0.15, 0.2) is 5.16 Å². The van der Waals surface area contributed by atoms with Crippen molar-refractivity contribution < 1.29 is 13.2 Å². The summed E-state index contributed by atoms with van der Waals surface area (Å²) in [5.41, 5.74) is 3.23. The Hall–Kier alpha value is -3.52. The van der Waals surface area contributed by atoms with E-state index in [2.05, 4.69) is 4.98 Å². The van der Waals surface area contributed by atoms with Crippen LogP contribution in [-0.2, 0) is 11.9 Å². The summed E-state index contributed by atoms with van der Waals surface area (Å²) in [5.74, 6) is 0.365. The van der Waals surface area contributed by atoms with E-state index in [-0.39, 0.29) is 5.56 Å². The van der Waals surface area contributed by atoms with Crippen molar-refractivity contribution in [2.24, 2.45) is 0 Å². The second-order valence-electron chi connectivity index (χ2n) is 7.70. The van der Waals surface area contributed by atoms with E-state index in [1.165, 1.54) is 23.9 Å². The van der Waals surface area contributed by atoms with Gasteiger partial charge in [-0.1, -0.05) is 60.3 Å². The van der Waals surface area contributed by atoms with Crippen LogP contribution in [0.25, 0.3) is 27.6 Å². The number of hydrogen-bond acceptors (Lipinski definition) is 3. The van der Waals surface area contributed by atoms with Crippen LogP contribution in [0.2, 0.25) is 0 Å². The molecule has 0 unspecified atom stereocenters. The number of benzene rings is 3. The van der Waals surface area contributed by atoms with E-state index in [4.69, 9.17) is 4.98 Å². The number of hydrogen-bond donors (Lipinski definition) is 1. The molecule has 8 heteroatoms. The summed E-state index contributed by atoms with van der Waals surface area (Å²) >= 11 is 1.31. The topological polar surface area (TPSA) is 50.7 Å². The Labute approximate surface area is 191 Å². The highest BCUT2D eigenvalue weighted by Gasteiger charge is 2.30. The third kappa shape index (κ3) is 3.91. The minimum Gasteiger partial charge on any atom is -0.349 e. The van der Waals surface area contributed by atoms with E-state index in [1.54, 1.807) is 4.57 Å². The summed E-state index contributed by atoms with van der Waals surface area (Å²) in [6.45, 7) is 1.92. The lowest BCUT2D eigenvalue weighted by atomic mass is 10.1. The van der Waals surface area contributed by atoms with Gasteiger partial charge in [0.05, 0.1) is 11.3 Å². The number of aromatic amines is 1. The van der Waals surface area contributed by atoms with Crippen LogP contribution in [0.5, 0.6) is 0 Å². The number of aryl methyl sites for hydroxylation is 1. The average Bonchev–Trinajstić information content (AvgIpc) is 3.17. The molecule has 0 atom stereocenters. The van der Waals surface area contributed by atoms with Gasteiger partial charge in [-0.25, -0.2) is 4.98 Å². The maximum atomic E-state index is 13.6. The fourth-order valence-electron chi connectivity index (χ4n) is 3.80. The van der Waals surface area contributed by atoms with Crippen molar-refractivity contribution >= 4 is 33.7 Å². The maximum Gasteiger partial charge on any atom is 0.416 e. The molecule has 2 heterocycles. The Morgan fingerprint density at radius 2 is 1.67 bits per heavy atom. The molecule has 0 radical (unpaired) electrons. The van der Waals surface area contributed by atoms with E-state index in [0.717, 1.165) is 28.6 Å². The number of thioether (sulfide) groups is 1. The van der Waals surface area contributed by atoms with Gasteiger partial charge in [-0.3, -0.25) is 9.36 Å². The molecule has 0 aliphatic heterocycles. The Balaban J connectivity index is 1.63. The molecule has 166 valence electrons. The molecule has 0 aliphatic rings. The van der Waals surface area contributed by atoms with Gasteiger partial charge in [-0.15, -0.1) is 0 Å². The van der Waals surface area contributed by atoms with Crippen LogP contribution in [0.3, 0.4) is 0 Å². The zero-order valence-electron chi connectivity index (χ0n) is 17.5. The van der Waals surface area contributed by atoms with Crippen molar-refractivity contribution in [3.63, 3.8) is 0 Å². The highest BCUT2D eigenvalue weighted by Crippen LogP contribution is 2.31. The first-order valence-corrected chi connectivity index (χ1v) is 11.2. The smallest absolute Gasteiger partial charge is 0.349 e. The van der Waals surface area contributed by atoms with Crippen LogP contribution in [0.15, 0.2) is 82.7 Å². The van der Waals surface area contributed by atoms with Crippen LogP contribution >= 0.6 is 11.8 Å². The number of alkyl halides is 3. The van der Waals surface area contributed by atoms with E-state index in [0.29, 0.717) is 33.2 Å². The molecule has 0 saturated heterocycles. The predicted molar refractivity (Wildman–Crippen MR) is 125 cm³/mol. The molecule has 0 amide bonds.